The first-order valence-electron chi connectivity index (χ1n) is 7.64. The number of anilines is 1. The number of carbonyl (C=O) groups excluding carboxylic acids is 3. The van der Waals surface area contributed by atoms with Gasteiger partial charge in [0.15, 0.2) is 17.5 Å². The van der Waals surface area contributed by atoms with E-state index in [4.69, 9.17) is 21.1 Å². The molecule has 0 aliphatic heterocycles. The Bertz CT molecular complexity index is 838. The number of hydrogen-bond donors (Lipinski definition) is 1. The molecule has 1 amide bonds. The fourth-order valence-electron chi connectivity index (χ4n) is 2.15. The normalized spacial score (nSPS) is 10.1. The molecule has 2 rings (SSSR count). The van der Waals surface area contributed by atoms with Crippen molar-refractivity contribution in [3.05, 3.63) is 52.8 Å². The maximum absolute atomic E-state index is 12.0. The van der Waals surface area contributed by atoms with Gasteiger partial charge in [-0.2, -0.15) is 0 Å². The Labute approximate surface area is 155 Å². The van der Waals surface area contributed by atoms with Crippen LogP contribution in [0.25, 0.3) is 0 Å². The van der Waals surface area contributed by atoms with Gasteiger partial charge in [-0.05, 0) is 37.3 Å². The molecule has 1 aromatic carbocycles. The van der Waals surface area contributed by atoms with Crippen molar-refractivity contribution in [1.29, 1.82) is 0 Å². The van der Waals surface area contributed by atoms with Crippen molar-refractivity contribution in [2.75, 3.05) is 19.0 Å². The number of carbonyl (C=O) groups is 3. The molecule has 0 radical (unpaired) electrons. The van der Waals surface area contributed by atoms with Crippen LogP contribution in [0.15, 0.2) is 36.5 Å². The summed E-state index contributed by atoms with van der Waals surface area (Å²) in [5.74, 6) is -0.845. The predicted octanol–water partition coefficient (Wildman–Crippen LogP) is 2.67. The third kappa shape index (κ3) is 5.29. The second kappa shape index (κ2) is 8.96. The molecule has 0 saturated heterocycles. The molecule has 7 nitrogen and oxygen atoms in total. The van der Waals surface area contributed by atoms with Gasteiger partial charge in [0.25, 0.3) is 5.91 Å². The number of amides is 1. The number of rotatable bonds is 7. The maximum atomic E-state index is 12.0. The highest BCUT2D eigenvalue weighted by Crippen LogP contribution is 2.21. The lowest BCUT2D eigenvalue weighted by atomic mass is 10.0. The van der Waals surface area contributed by atoms with E-state index in [0.29, 0.717) is 22.6 Å². The van der Waals surface area contributed by atoms with Crippen LogP contribution in [-0.4, -0.2) is 36.4 Å². The van der Waals surface area contributed by atoms with Crippen molar-refractivity contribution >= 4 is 34.9 Å². The van der Waals surface area contributed by atoms with Gasteiger partial charge in [0.05, 0.1) is 19.2 Å². The van der Waals surface area contributed by atoms with E-state index < -0.39 is 18.5 Å². The lowest BCUT2D eigenvalue weighted by molar-refractivity contribution is -0.146. The zero-order valence-corrected chi connectivity index (χ0v) is 15.0. The van der Waals surface area contributed by atoms with Crippen LogP contribution in [0.3, 0.4) is 0 Å². The van der Waals surface area contributed by atoms with E-state index in [0.717, 1.165) is 0 Å². The van der Waals surface area contributed by atoms with Gasteiger partial charge in [-0.1, -0.05) is 11.6 Å². The van der Waals surface area contributed by atoms with Crippen LogP contribution in [0.5, 0.6) is 5.75 Å². The van der Waals surface area contributed by atoms with Gasteiger partial charge in [-0.3, -0.25) is 14.4 Å². The SMILES string of the molecule is COc1ccc(C(C)=O)cc1CC(=O)OCC(=O)Nc1cccnc1Cl. The zero-order valence-electron chi connectivity index (χ0n) is 14.2. The summed E-state index contributed by atoms with van der Waals surface area (Å²) in [4.78, 5) is 39.1. The van der Waals surface area contributed by atoms with Crippen LogP contribution in [0.2, 0.25) is 5.15 Å². The summed E-state index contributed by atoms with van der Waals surface area (Å²) in [6, 6.07) is 7.98. The molecule has 0 bridgehead atoms. The number of pyridine rings is 1. The molecule has 1 heterocycles. The first-order valence-corrected chi connectivity index (χ1v) is 8.02. The molecule has 2 aromatic rings. The van der Waals surface area contributed by atoms with Crippen LogP contribution in [-0.2, 0) is 20.7 Å². The van der Waals surface area contributed by atoms with Gasteiger partial charge in [-0.25, -0.2) is 4.98 Å². The summed E-state index contributed by atoms with van der Waals surface area (Å²) in [6.07, 6.45) is 1.35. The average Bonchev–Trinajstić information content (AvgIpc) is 2.62. The monoisotopic (exact) mass is 376 g/mol. The van der Waals surface area contributed by atoms with Crippen molar-refractivity contribution in [1.82, 2.24) is 4.98 Å². The van der Waals surface area contributed by atoms with E-state index >= 15 is 0 Å². The summed E-state index contributed by atoms with van der Waals surface area (Å²) in [5, 5.41) is 2.63. The largest absolute Gasteiger partial charge is 0.496 e. The molecule has 1 N–H and O–H groups in total. The lowest BCUT2D eigenvalue weighted by Gasteiger charge is -2.10. The summed E-state index contributed by atoms with van der Waals surface area (Å²) >= 11 is 5.84. The van der Waals surface area contributed by atoms with Crippen LogP contribution < -0.4 is 10.1 Å². The van der Waals surface area contributed by atoms with Gasteiger partial charge in [-0.15, -0.1) is 0 Å². The number of ether oxygens (including phenoxy) is 2. The molecule has 0 saturated carbocycles. The second-order valence-corrected chi connectivity index (χ2v) is 5.67. The molecule has 0 spiro atoms. The molecular weight excluding hydrogens is 360 g/mol. The van der Waals surface area contributed by atoms with Crippen LogP contribution in [0.4, 0.5) is 5.69 Å². The van der Waals surface area contributed by atoms with Crippen molar-refractivity contribution in [3.8, 4) is 5.75 Å². The van der Waals surface area contributed by atoms with Gasteiger partial charge < -0.3 is 14.8 Å². The molecule has 1 aromatic heterocycles. The first-order chi connectivity index (χ1) is 12.4. The highest BCUT2D eigenvalue weighted by molar-refractivity contribution is 6.32. The third-order valence-corrected chi connectivity index (χ3v) is 3.72. The molecule has 0 unspecified atom stereocenters. The Hall–Kier alpha value is -2.93. The summed E-state index contributed by atoms with van der Waals surface area (Å²) in [6.45, 7) is 0.955. The number of Topliss-reactive ketones (excluding diaryl/α,β-unsaturated/α-hetero) is 1. The third-order valence-electron chi connectivity index (χ3n) is 3.42. The van der Waals surface area contributed by atoms with Gasteiger partial charge >= 0.3 is 5.97 Å². The number of nitrogens with zero attached hydrogens (tertiary/aromatic N) is 1. The molecule has 26 heavy (non-hydrogen) atoms. The highest BCUT2D eigenvalue weighted by Gasteiger charge is 2.14. The van der Waals surface area contributed by atoms with Crippen molar-refractivity contribution in [2.45, 2.75) is 13.3 Å². The predicted molar refractivity (Wildman–Crippen MR) is 95.5 cm³/mol. The minimum absolute atomic E-state index is 0.130. The molecule has 0 atom stereocenters. The van der Waals surface area contributed by atoms with Crippen LogP contribution in [0, 0.1) is 0 Å². The zero-order chi connectivity index (χ0) is 19.1. The highest BCUT2D eigenvalue weighted by atomic mass is 35.5. The number of hydrogen-bond acceptors (Lipinski definition) is 6. The minimum Gasteiger partial charge on any atom is -0.496 e. The van der Waals surface area contributed by atoms with Gasteiger partial charge in [0.1, 0.15) is 5.75 Å². The number of halogens is 1. The van der Waals surface area contributed by atoms with E-state index in [9.17, 15) is 14.4 Å². The molecule has 0 aliphatic rings. The number of esters is 1. The summed E-state index contributed by atoms with van der Waals surface area (Å²) in [7, 11) is 1.46. The average molecular weight is 377 g/mol. The number of benzene rings is 1. The van der Waals surface area contributed by atoms with E-state index in [1.165, 1.54) is 20.2 Å². The quantitative estimate of drug-likeness (QED) is 0.453. The molecule has 0 fully saturated rings. The van der Waals surface area contributed by atoms with E-state index in [-0.39, 0.29) is 17.4 Å². The standard InChI is InChI=1S/C18H17ClN2O5/c1-11(22)12-5-6-15(25-2)13(8-12)9-17(24)26-10-16(23)21-14-4-3-7-20-18(14)19/h3-8H,9-10H2,1-2H3,(H,21,23). The van der Waals surface area contributed by atoms with E-state index in [1.807, 2.05) is 0 Å². The smallest absolute Gasteiger partial charge is 0.310 e. The molecular formula is C18H17ClN2O5. The van der Waals surface area contributed by atoms with Gasteiger partial charge in [0.2, 0.25) is 0 Å². The van der Waals surface area contributed by atoms with Crippen LogP contribution >= 0.6 is 11.6 Å². The maximum Gasteiger partial charge on any atom is 0.310 e. The summed E-state index contributed by atoms with van der Waals surface area (Å²) < 4.78 is 10.1. The first kappa shape index (κ1) is 19.4. The molecule has 8 heteroatoms. The Balaban J connectivity index is 1.94. The topological polar surface area (TPSA) is 94.6 Å². The van der Waals surface area contributed by atoms with Crippen molar-refractivity contribution in [3.63, 3.8) is 0 Å². The Morgan fingerprint density at radius 3 is 2.65 bits per heavy atom. The Kier molecular flexibility index (Phi) is 6.68. The Morgan fingerprint density at radius 1 is 1.23 bits per heavy atom. The second-order valence-electron chi connectivity index (χ2n) is 5.31. The van der Waals surface area contributed by atoms with Crippen molar-refractivity contribution < 1.29 is 23.9 Å². The number of nitrogens with one attached hydrogen (secondary N) is 1. The summed E-state index contributed by atoms with van der Waals surface area (Å²) in [5.41, 5.74) is 1.28. The number of aromatic nitrogens is 1. The molecule has 136 valence electrons. The number of methoxy groups -OCH3 is 1. The fourth-order valence-corrected chi connectivity index (χ4v) is 2.32. The van der Waals surface area contributed by atoms with E-state index in [1.54, 1.807) is 30.3 Å². The Morgan fingerprint density at radius 2 is 2.00 bits per heavy atom. The van der Waals surface area contributed by atoms with Crippen LogP contribution in [0.1, 0.15) is 22.8 Å². The molecule has 0 aliphatic carbocycles. The number of ketones is 1. The van der Waals surface area contributed by atoms with E-state index in [2.05, 4.69) is 10.3 Å². The van der Waals surface area contributed by atoms with Crippen molar-refractivity contribution in [2.24, 2.45) is 0 Å². The van der Waals surface area contributed by atoms with Gasteiger partial charge in [0, 0.05) is 17.3 Å². The minimum atomic E-state index is -0.628. The lowest BCUT2D eigenvalue weighted by Crippen LogP contribution is -2.22. The fraction of sp³-hybridized carbons (Fsp3) is 0.222.